The van der Waals surface area contributed by atoms with Gasteiger partial charge in [0, 0.05) is 23.3 Å². The van der Waals surface area contributed by atoms with E-state index in [1.165, 1.54) is 23.9 Å². The molecule has 1 N–H and O–H groups in total. The van der Waals surface area contributed by atoms with Crippen molar-refractivity contribution in [3.63, 3.8) is 0 Å². The average Bonchev–Trinajstić information content (AvgIpc) is 2.66. The van der Waals surface area contributed by atoms with Crippen molar-refractivity contribution in [2.75, 3.05) is 31.7 Å². The second-order valence-electron chi connectivity index (χ2n) is 5.78. The Bertz CT molecular complexity index is 754. The molecule has 0 spiro atoms. The zero-order chi connectivity index (χ0) is 18.4. The number of thioether (sulfide) groups is 1. The zero-order valence-corrected chi connectivity index (χ0v) is 14.8. The van der Waals surface area contributed by atoms with Gasteiger partial charge in [-0.3, -0.25) is 10.1 Å². The van der Waals surface area contributed by atoms with Crippen molar-refractivity contribution in [1.29, 1.82) is 0 Å². The van der Waals surface area contributed by atoms with E-state index in [1.807, 2.05) is 30.3 Å². The largest absolute Gasteiger partial charge is 0.376 e. The summed E-state index contributed by atoms with van der Waals surface area (Å²) in [6.45, 7) is 1.62. The molecule has 0 amide bonds. The summed E-state index contributed by atoms with van der Waals surface area (Å²) < 4.78 is 25.2. The van der Waals surface area contributed by atoms with Crippen LogP contribution in [0.25, 0.3) is 0 Å². The Balaban J connectivity index is 1.71. The predicted octanol–water partition coefficient (Wildman–Crippen LogP) is 3.85. The Labute approximate surface area is 154 Å². The van der Waals surface area contributed by atoms with Crippen LogP contribution >= 0.6 is 11.8 Å². The topological polar surface area (TPSA) is 73.6 Å². The van der Waals surface area contributed by atoms with Gasteiger partial charge >= 0.3 is 0 Å². The Morgan fingerprint density at radius 2 is 2.08 bits per heavy atom. The molecule has 0 aliphatic carbocycles. The molecule has 1 heterocycles. The minimum absolute atomic E-state index is 0.117. The van der Waals surface area contributed by atoms with E-state index in [0.29, 0.717) is 30.5 Å². The molecule has 0 unspecified atom stereocenters. The number of nitrogens with zero attached hydrogens (tertiary/aromatic N) is 1. The molecular formula is C18H19FN2O4S. The number of benzene rings is 2. The zero-order valence-electron chi connectivity index (χ0n) is 14.0. The summed E-state index contributed by atoms with van der Waals surface area (Å²) in [5.41, 5.74) is 0.669. The predicted molar refractivity (Wildman–Crippen MR) is 98.1 cm³/mol. The monoisotopic (exact) mass is 378 g/mol. The molecule has 2 aromatic carbocycles. The van der Waals surface area contributed by atoms with Gasteiger partial charge < -0.3 is 14.8 Å². The third-order valence-electron chi connectivity index (χ3n) is 3.88. The van der Waals surface area contributed by atoms with Crippen LogP contribution in [-0.2, 0) is 15.2 Å². The maximum atomic E-state index is 14.5. The number of anilines is 1. The van der Waals surface area contributed by atoms with Crippen molar-refractivity contribution >= 4 is 23.1 Å². The Morgan fingerprint density at radius 3 is 2.77 bits per heavy atom. The second kappa shape index (κ2) is 8.98. The van der Waals surface area contributed by atoms with Crippen molar-refractivity contribution in [3.05, 3.63) is 64.0 Å². The van der Waals surface area contributed by atoms with Gasteiger partial charge in [0.05, 0.1) is 30.8 Å². The maximum absolute atomic E-state index is 14.5. The van der Waals surface area contributed by atoms with Gasteiger partial charge in [0.25, 0.3) is 5.69 Å². The highest BCUT2D eigenvalue weighted by molar-refractivity contribution is 7.98. The van der Waals surface area contributed by atoms with Gasteiger partial charge in [-0.15, -0.1) is 11.8 Å². The first-order chi connectivity index (χ1) is 12.6. The van der Waals surface area contributed by atoms with E-state index in [4.69, 9.17) is 9.47 Å². The first-order valence-electron chi connectivity index (χ1n) is 8.21. The SMILES string of the molecule is O=[N+]([O-])c1cc(SCc2ccccc2)cc(F)c1NC[C@H]1COCCO1. The molecule has 0 bridgehead atoms. The van der Waals surface area contributed by atoms with Crippen LogP contribution in [0.2, 0.25) is 0 Å². The Hall–Kier alpha value is -2.16. The summed E-state index contributed by atoms with van der Waals surface area (Å²) in [5.74, 6) is -0.0382. The molecule has 3 rings (SSSR count). The van der Waals surface area contributed by atoms with Crippen LogP contribution in [-0.4, -0.2) is 37.4 Å². The quantitative estimate of drug-likeness (QED) is 0.448. The van der Waals surface area contributed by atoms with Crippen molar-refractivity contribution in [1.82, 2.24) is 0 Å². The molecule has 26 heavy (non-hydrogen) atoms. The lowest BCUT2D eigenvalue weighted by Crippen LogP contribution is -2.34. The molecule has 0 saturated carbocycles. The van der Waals surface area contributed by atoms with Crippen molar-refractivity contribution in [2.24, 2.45) is 0 Å². The molecule has 1 fully saturated rings. The smallest absolute Gasteiger partial charge is 0.296 e. The maximum Gasteiger partial charge on any atom is 0.296 e. The molecule has 1 saturated heterocycles. The minimum Gasteiger partial charge on any atom is -0.376 e. The van der Waals surface area contributed by atoms with Crippen LogP contribution in [0.1, 0.15) is 5.56 Å². The second-order valence-corrected chi connectivity index (χ2v) is 6.83. The summed E-state index contributed by atoms with van der Waals surface area (Å²) in [6, 6.07) is 12.4. The third kappa shape index (κ3) is 4.94. The van der Waals surface area contributed by atoms with Crippen LogP contribution in [0, 0.1) is 15.9 Å². The first kappa shape index (κ1) is 18.6. The lowest BCUT2D eigenvalue weighted by atomic mass is 10.2. The van der Waals surface area contributed by atoms with Gasteiger partial charge in [-0.25, -0.2) is 4.39 Å². The van der Waals surface area contributed by atoms with Crippen molar-refractivity contribution < 1.29 is 18.8 Å². The molecule has 138 valence electrons. The van der Waals surface area contributed by atoms with Gasteiger partial charge in [-0.05, 0) is 11.6 Å². The molecule has 1 atom stereocenters. The fourth-order valence-corrected chi connectivity index (χ4v) is 3.49. The number of nitro groups is 1. The van der Waals surface area contributed by atoms with Crippen LogP contribution in [0.3, 0.4) is 0 Å². The lowest BCUT2D eigenvalue weighted by molar-refractivity contribution is -0.384. The third-order valence-corrected chi connectivity index (χ3v) is 4.93. The van der Waals surface area contributed by atoms with Gasteiger partial charge in [0.15, 0.2) is 5.82 Å². The molecule has 0 aromatic heterocycles. The molecule has 6 nitrogen and oxygen atoms in total. The first-order valence-corrected chi connectivity index (χ1v) is 9.20. The van der Waals surface area contributed by atoms with Crippen molar-refractivity contribution in [3.8, 4) is 0 Å². The van der Waals surface area contributed by atoms with E-state index >= 15 is 0 Å². The van der Waals surface area contributed by atoms with Gasteiger partial charge in [0.1, 0.15) is 5.69 Å². The summed E-state index contributed by atoms with van der Waals surface area (Å²) in [4.78, 5) is 11.3. The standard InChI is InChI=1S/C18H19FN2O4S/c19-16-8-15(26-12-13-4-2-1-3-5-13)9-17(21(22)23)18(16)20-10-14-11-24-6-7-25-14/h1-5,8-9,14,20H,6-7,10-12H2/t14-/m0/s1. The highest BCUT2D eigenvalue weighted by atomic mass is 32.2. The highest BCUT2D eigenvalue weighted by Crippen LogP contribution is 2.34. The Kier molecular flexibility index (Phi) is 6.43. The van der Waals surface area contributed by atoms with Crippen LogP contribution in [0.5, 0.6) is 0 Å². The van der Waals surface area contributed by atoms with Gasteiger partial charge in [-0.2, -0.15) is 0 Å². The normalized spacial score (nSPS) is 17.0. The lowest BCUT2D eigenvalue weighted by Gasteiger charge is -2.23. The number of hydrogen-bond donors (Lipinski definition) is 1. The number of nitrogens with one attached hydrogen (secondary N) is 1. The van der Waals surface area contributed by atoms with E-state index in [2.05, 4.69) is 5.32 Å². The molecule has 0 radical (unpaired) electrons. The summed E-state index contributed by atoms with van der Waals surface area (Å²) in [7, 11) is 0. The molecule has 8 heteroatoms. The number of halogens is 1. The van der Waals surface area contributed by atoms with E-state index < -0.39 is 10.7 Å². The molecule has 1 aliphatic heterocycles. The van der Waals surface area contributed by atoms with E-state index in [9.17, 15) is 14.5 Å². The number of rotatable bonds is 7. The van der Waals surface area contributed by atoms with E-state index in [1.54, 1.807) is 0 Å². The van der Waals surface area contributed by atoms with Gasteiger partial charge in [-0.1, -0.05) is 30.3 Å². The minimum atomic E-state index is -0.647. The van der Waals surface area contributed by atoms with Crippen LogP contribution < -0.4 is 5.32 Å². The summed E-state index contributed by atoms with van der Waals surface area (Å²) in [6.07, 6.45) is -0.255. The number of nitro benzene ring substituents is 1. The molecule has 1 aliphatic rings. The summed E-state index contributed by atoms with van der Waals surface area (Å²) in [5, 5.41) is 14.2. The highest BCUT2D eigenvalue weighted by Gasteiger charge is 2.22. The van der Waals surface area contributed by atoms with Crippen LogP contribution in [0.15, 0.2) is 47.4 Å². The summed E-state index contributed by atoms with van der Waals surface area (Å²) >= 11 is 1.36. The van der Waals surface area contributed by atoms with E-state index in [0.717, 1.165) is 5.56 Å². The van der Waals surface area contributed by atoms with E-state index in [-0.39, 0.29) is 24.0 Å². The average molecular weight is 378 g/mol. The molecule has 2 aromatic rings. The van der Waals surface area contributed by atoms with Crippen molar-refractivity contribution in [2.45, 2.75) is 16.8 Å². The molecular weight excluding hydrogens is 359 g/mol. The van der Waals surface area contributed by atoms with Gasteiger partial charge in [0.2, 0.25) is 0 Å². The number of hydrogen-bond acceptors (Lipinski definition) is 6. The fraction of sp³-hybridized carbons (Fsp3) is 0.333. The number of ether oxygens (including phenoxy) is 2. The Morgan fingerprint density at radius 1 is 1.27 bits per heavy atom. The van der Waals surface area contributed by atoms with Crippen LogP contribution in [0.4, 0.5) is 15.8 Å². The fourth-order valence-electron chi connectivity index (χ4n) is 2.58.